The summed E-state index contributed by atoms with van der Waals surface area (Å²) >= 11 is 0. The number of hydrogen-bond acceptors (Lipinski definition) is 1. The van der Waals surface area contributed by atoms with Crippen LogP contribution in [-0.4, -0.2) is 5.11 Å². The summed E-state index contributed by atoms with van der Waals surface area (Å²) in [5, 5.41) is 9.92. The SMILES string of the molecule is CCCCCc1cc(CC)cc(C)c1O. The predicted octanol–water partition coefficient (Wildman–Crippen LogP) is 4.00. The van der Waals surface area contributed by atoms with Crippen molar-refractivity contribution in [3.05, 3.63) is 28.8 Å². The van der Waals surface area contributed by atoms with Crippen LogP contribution in [0.25, 0.3) is 0 Å². The highest BCUT2D eigenvalue weighted by atomic mass is 16.3. The minimum atomic E-state index is 0.503. The average molecular weight is 206 g/mol. The Morgan fingerprint density at radius 2 is 1.87 bits per heavy atom. The zero-order valence-corrected chi connectivity index (χ0v) is 10.1. The lowest BCUT2D eigenvalue weighted by atomic mass is 9.99. The fraction of sp³-hybridized carbons (Fsp3) is 0.571. The Bertz CT molecular complexity index is 315. The van der Waals surface area contributed by atoms with E-state index in [4.69, 9.17) is 0 Å². The van der Waals surface area contributed by atoms with E-state index < -0.39 is 0 Å². The standard InChI is InChI=1S/C14H22O/c1-4-6-7-8-13-10-12(5-2)9-11(3)14(13)15/h9-10,15H,4-8H2,1-3H3. The molecule has 0 atom stereocenters. The van der Waals surface area contributed by atoms with Crippen molar-refractivity contribution in [2.24, 2.45) is 0 Å². The third kappa shape index (κ3) is 3.26. The van der Waals surface area contributed by atoms with E-state index in [9.17, 15) is 5.11 Å². The second-order valence-electron chi connectivity index (χ2n) is 4.23. The van der Waals surface area contributed by atoms with Gasteiger partial charge in [0.2, 0.25) is 0 Å². The van der Waals surface area contributed by atoms with Gasteiger partial charge in [-0.2, -0.15) is 0 Å². The van der Waals surface area contributed by atoms with Gasteiger partial charge in [0.05, 0.1) is 0 Å². The van der Waals surface area contributed by atoms with Crippen LogP contribution in [0.4, 0.5) is 0 Å². The van der Waals surface area contributed by atoms with E-state index >= 15 is 0 Å². The van der Waals surface area contributed by atoms with E-state index in [1.165, 1.54) is 24.8 Å². The number of hydrogen-bond donors (Lipinski definition) is 1. The Morgan fingerprint density at radius 3 is 2.47 bits per heavy atom. The van der Waals surface area contributed by atoms with Crippen LogP contribution in [0.5, 0.6) is 5.75 Å². The first-order chi connectivity index (χ1) is 7.19. The van der Waals surface area contributed by atoms with Crippen molar-refractivity contribution in [1.29, 1.82) is 0 Å². The van der Waals surface area contributed by atoms with Crippen LogP contribution < -0.4 is 0 Å². The Morgan fingerprint density at radius 1 is 1.13 bits per heavy atom. The number of unbranched alkanes of at least 4 members (excludes halogenated alkanes) is 2. The van der Waals surface area contributed by atoms with Crippen LogP contribution in [0.3, 0.4) is 0 Å². The molecular weight excluding hydrogens is 184 g/mol. The second kappa shape index (κ2) is 5.79. The van der Waals surface area contributed by atoms with Gasteiger partial charge in [0, 0.05) is 0 Å². The molecule has 0 fully saturated rings. The molecule has 1 nitrogen and oxygen atoms in total. The summed E-state index contributed by atoms with van der Waals surface area (Å²) < 4.78 is 0. The summed E-state index contributed by atoms with van der Waals surface area (Å²) in [6.07, 6.45) is 5.70. The van der Waals surface area contributed by atoms with Crippen molar-refractivity contribution in [2.45, 2.75) is 52.9 Å². The molecule has 0 saturated carbocycles. The first-order valence-corrected chi connectivity index (χ1v) is 6.00. The zero-order valence-electron chi connectivity index (χ0n) is 10.1. The molecule has 15 heavy (non-hydrogen) atoms. The highest BCUT2D eigenvalue weighted by molar-refractivity contribution is 5.43. The molecule has 0 heterocycles. The van der Waals surface area contributed by atoms with Crippen LogP contribution in [0.15, 0.2) is 12.1 Å². The van der Waals surface area contributed by atoms with E-state index in [1.54, 1.807) is 0 Å². The summed E-state index contributed by atoms with van der Waals surface area (Å²) in [6, 6.07) is 4.23. The molecule has 1 aromatic rings. The maximum Gasteiger partial charge on any atom is 0.121 e. The molecule has 0 aliphatic rings. The van der Waals surface area contributed by atoms with Gasteiger partial charge in [-0.05, 0) is 42.9 Å². The van der Waals surface area contributed by atoms with Crippen molar-refractivity contribution < 1.29 is 5.11 Å². The van der Waals surface area contributed by atoms with Gasteiger partial charge in [-0.25, -0.2) is 0 Å². The van der Waals surface area contributed by atoms with Gasteiger partial charge in [-0.3, -0.25) is 0 Å². The third-order valence-corrected chi connectivity index (χ3v) is 2.90. The monoisotopic (exact) mass is 206 g/mol. The van der Waals surface area contributed by atoms with Gasteiger partial charge in [0.1, 0.15) is 5.75 Å². The number of phenols is 1. The molecule has 0 aliphatic carbocycles. The van der Waals surface area contributed by atoms with Gasteiger partial charge < -0.3 is 5.11 Å². The lowest BCUT2D eigenvalue weighted by Gasteiger charge is -2.09. The molecule has 1 heteroatoms. The zero-order chi connectivity index (χ0) is 11.3. The number of aryl methyl sites for hydroxylation is 3. The Labute approximate surface area is 93.1 Å². The summed E-state index contributed by atoms with van der Waals surface area (Å²) in [5.74, 6) is 0.503. The van der Waals surface area contributed by atoms with E-state index in [1.807, 2.05) is 6.92 Å². The van der Waals surface area contributed by atoms with Crippen LogP contribution in [0, 0.1) is 6.92 Å². The summed E-state index contributed by atoms with van der Waals surface area (Å²) in [7, 11) is 0. The van der Waals surface area contributed by atoms with Crippen LogP contribution in [0.1, 0.15) is 49.8 Å². The largest absolute Gasteiger partial charge is 0.507 e. The van der Waals surface area contributed by atoms with Crippen LogP contribution >= 0.6 is 0 Å². The minimum absolute atomic E-state index is 0.503. The molecule has 0 spiro atoms. The van der Waals surface area contributed by atoms with E-state index in [0.717, 1.165) is 24.0 Å². The number of phenolic OH excluding ortho intramolecular Hbond substituents is 1. The van der Waals surface area contributed by atoms with Gasteiger partial charge in [-0.15, -0.1) is 0 Å². The van der Waals surface area contributed by atoms with Crippen molar-refractivity contribution in [3.63, 3.8) is 0 Å². The topological polar surface area (TPSA) is 20.2 Å². The predicted molar refractivity (Wildman–Crippen MR) is 65.5 cm³/mol. The van der Waals surface area contributed by atoms with Crippen molar-refractivity contribution in [3.8, 4) is 5.75 Å². The maximum absolute atomic E-state index is 9.92. The van der Waals surface area contributed by atoms with Gasteiger partial charge in [-0.1, -0.05) is 38.8 Å². The van der Waals surface area contributed by atoms with Gasteiger partial charge >= 0.3 is 0 Å². The normalized spacial score (nSPS) is 10.6. The first kappa shape index (κ1) is 12.1. The number of benzene rings is 1. The number of rotatable bonds is 5. The van der Waals surface area contributed by atoms with Crippen molar-refractivity contribution in [1.82, 2.24) is 0 Å². The molecule has 0 aliphatic heterocycles. The lowest BCUT2D eigenvalue weighted by molar-refractivity contribution is 0.462. The van der Waals surface area contributed by atoms with E-state index in [2.05, 4.69) is 26.0 Å². The van der Waals surface area contributed by atoms with Gasteiger partial charge in [0.15, 0.2) is 0 Å². The fourth-order valence-electron chi connectivity index (χ4n) is 1.89. The fourth-order valence-corrected chi connectivity index (χ4v) is 1.89. The summed E-state index contributed by atoms with van der Waals surface area (Å²) in [4.78, 5) is 0. The van der Waals surface area contributed by atoms with Crippen molar-refractivity contribution in [2.75, 3.05) is 0 Å². The first-order valence-electron chi connectivity index (χ1n) is 6.00. The molecule has 0 saturated heterocycles. The molecule has 0 aromatic heterocycles. The smallest absolute Gasteiger partial charge is 0.121 e. The second-order valence-corrected chi connectivity index (χ2v) is 4.23. The van der Waals surface area contributed by atoms with E-state index in [0.29, 0.717) is 5.75 Å². The minimum Gasteiger partial charge on any atom is -0.507 e. The highest BCUT2D eigenvalue weighted by Gasteiger charge is 2.05. The summed E-state index contributed by atoms with van der Waals surface area (Å²) in [6.45, 7) is 6.34. The average Bonchev–Trinajstić information content (AvgIpc) is 2.24. The Hall–Kier alpha value is -0.980. The van der Waals surface area contributed by atoms with E-state index in [-0.39, 0.29) is 0 Å². The molecule has 0 bridgehead atoms. The highest BCUT2D eigenvalue weighted by Crippen LogP contribution is 2.25. The molecule has 0 unspecified atom stereocenters. The van der Waals surface area contributed by atoms with Crippen LogP contribution in [-0.2, 0) is 12.8 Å². The summed E-state index contributed by atoms with van der Waals surface area (Å²) in [5.41, 5.74) is 3.47. The lowest BCUT2D eigenvalue weighted by Crippen LogP contribution is -1.92. The van der Waals surface area contributed by atoms with Gasteiger partial charge in [0.25, 0.3) is 0 Å². The molecule has 0 amide bonds. The molecular formula is C14H22O. The Balaban J connectivity index is 2.80. The molecule has 1 rings (SSSR count). The molecule has 84 valence electrons. The third-order valence-electron chi connectivity index (χ3n) is 2.90. The molecule has 1 N–H and O–H groups in total. The number of aromatic hydroxyl groups is 1. The molecule has 1 aromatic carbocycles. The maximum atomic E-state index is 9.92. The van der Waals surface area contributed by atoms with Crippen molar-refractivity contribution >= 4 is 0 Å². The molecule has 0 radical (unpaired) electrons. The quantitative estimate of drug-likeness (QED) is 0.722. The van der Waals surface area contributed by atoms with Crippen LogP contribution in [0.2, 0.25) is 0 Å². The Kier molecular flexibility index (Phi) is 4.67.